The van der Waals surface area contributed by atoms with Gasteiger partial charge >= 0.3 is 12.1 Å². The minimum Gasteiger partial charge on any atom is -0.508 e. The molecule has 1 N–H and O–H groups in total. The third-order valence-corrected chi connectivity index (χ3v) is 2.97. The second-order valence-electron chi connectivity index (χ2n) is 4.01. The van der Waals surface area contributed by atoms with Crippen LogP contribution in [0, 0.1) is 0 Å². The highest BCUT2D eigenvalue weighted by Crippen LogP contribution is 2.36. The van der Waals surface area contributed by atoms with Crippen LogP contribution in [0.3, 0.4) is 0 Å². The second kappa shape index (κ2) is 8.16. The second-order valence-corrected chi connectivity index (χ2v) is 4.69. The standard InChI is InChI=1S/C13H11Cl2F3N2O3/c1-2-23-12(22)11(10(21)6-14)20-19-7-3-4-9(15)8(5-7)13(16,17)18/h3-5,21H,2,6H2,1H3. The van der Waals surface area contributed by atoms with Crippen molar-refractivity contribution in [2.75, 3.05) is 12.5 Å². The summed E-state index contributed by atoms with van der Waals surface area (Å²) in [6.07, 6.45) is -4.67. The van der Waals surface area contributed by atoms with E-state index in [-0.39, 0.29) is 12.3 Å². The van der Waals surface area contributed by atoms with E-state index >= 15 is 0 Å². The van der Waals surface area contributed by atoms with Gasteiger partial charge in [-0.2, -0.15) is 18.3 Å². The van der Waals surface area contributed by atoms with Gasteiger partial charge in [-0.3, -0.25) is 0 Å². The Labute approximate surface area is 139 Å². The summed E-state index contributed by atoms with van der Waals surface area (Å²) < 4.78 is 42.9. The normalized spacial score (nSPS) is 13.1. The first kappa shape index (κ1) is 19.2. The number of rotatable bonds is 5. The monoisotopic (exact) mass is 370 g/mol. The van der Waals surface area contributed by atoms with Crippen LogP contribution >= 0.6 is 23.2 Å². The number of alkyl halides is 4. The lowest BCUT2D eigenvalue weighted by molar-refractivity contribution is -0.139. The van der Waals surface area contributed by atoms with Gasteiger partial charge in [0.15, 0.2) is 0 Å². The van der Waals surface area contributed by atoms with E-state index in [0.717, 1.165) is 6.07 Å². The lowest BCUT2D eigenvalue weighted by atomic mass is 10.2. The van der Waals surface area contributed by atoms with Crippen molar-refractivity contribution in [3.63, 3.8) is 0 Å². The van der Waals surface area contributed by atoms with E-state index in [1.807, 2.05) is 0 Å². The molecule has 0 aliphatic carbocycles. The number of carbonyl (C=O) groups excluding carboxylic acids is 1. The van der Waals surface area contributed by atoms with Crippen molar-refractivity contribution >= 4 is 34.9 Å². The van der Waals surface area contributed by atoms with Crippen molar-refractivity contribution in [1.82, 2.24) is 0 Å². The van der Waals surface area contributed by atoms with Crippen molar-refractivity contribution in [2.24, 2.45) is 10.2 Å². The van der Waals surface area contributed by atoms with E-state index in [1.165, 1.54) is 13.0 Å². The summed E-state index contributed by atoms with van der Waals surface area (Å²) in [5, 5.41) is 15.9. The molecule has 5 nitrogen and oxygen atoms in total. The third-order valence-electron chi connectivity index (χ3n) is 2.39. The quantitative estimate of drug-likeness (QED) is 0.260. The number of allylic oxidation sites excluding steroid dienone is 1. The van der Waals surface area contributed by atoms with Gasteiger partial charge in [-0.1, -0.05) is 11.6 Å². The molecule has 0 atom stereocenters. The molecular weight excluding hydrogens is 360 g/mol. The molecule has 0 aliphatic heterocycles. The van der Waals surface area contributed by atoms with E-state index in [1.54, 1.807) is 0 Å². The molecule has 126 valence electrons. The maximum absolute atomic E-state index is 12.7. The van der Waals surface area contributed by atoms with Gasteiger partial charge in [-0.25, -0.2) is 4.79 Å². The summed E-state index contributed by atoms with van der Waals surface area (Å²) >= 11 is 10.9. The van der Waals surface area contributed by atoms with E-state index < -0.39 is 40.1 Å². The third kappa shape index (κ3) is 5.40. The maximum Gasteiger partial charge on any atom is 0.417 e. The number of nitrogens with zero attached hydrogens (tertiary/aromatic N) is 2. The van der Waals surface area contributed by atoms with E-state index in [0.29, 0.717) is 6.07 Å². The van der Waals surface area contributed by atoms with Crippen LogP contribution in [0.4, 0.5) is 18.9 Å². The molecule has 0 spiro atoms. The number of hydrogen-bond donors (Lipinski definition) is 1. The first-order valence-corrected chi connectivity index (χ1v) is 7.05. The zero-order chi connectivity index (χ0) is 17.6. The fourth-order valence-electron chi connectivity index (χ4n) is 1.38. The first-order chi connectivity index (χ1) is 10.7. The number of aliphatic hydroxyl groups excluding tert-OH is 1. The average molecular weight is 371 g/mol. The van der Waals surface area contributed by atoms with E-state index in [4.69, 9.17) is 23.2 Å². The summed E-state index contributed by atoms with van der Waals surface area (Å²) in [6, 6.07) is 2.82. The lowest BCUT2D eigenvalue weighted by Gasteiger charge is -2.09. The van der Waals surface area contributed by atoms with Gasteiger partial charge in [0, 0.05) is 0 Å². The molecule has 0 saturated carbocycles. The Bertz CT molecular complexity index is 646. The Morgan fingerprint density at radius 2 is 2.04 bits per heavy atom. The Hall–Kier alpha value is -1.80. The van der Waals surface area contributed by atoms with Crippen molar-refractivity contribution < 1.29 is 27.8 Å². The molecule has 10 heteroatoms. The highest BCUT2D eigenvalue weighted by Gasteiger charge is 2.33. The Morgan fingerprint density at radius 1 is 1.39 bits per heavy atom. The summed E-state index contributed by atoms with van der Waals surface area (Å²) in [5.74, 6) is -2.06. The van der Waals surface area contributed by atoms with Crippen LogP contribution in [-0.4, -0.2) is 23.6 Å². The van der Waals surface area contributed by atoms with Crippen molar-refractivity contribution in [2.45, 2.75) is 13.1 Å². The number of aliphatic hydroxyl groups is 1. The zero-order valence-corrected chi connectivity index (χ0v) is 13.2. The average Bonchev–Trinajstić information content (AvgIpc) is 2.47. The molecule has 23 heavy (non-hydrogen) atoms. The number of halogens is 5. The van der Waals surface area contributed by atoms with Gasteiger partial charge in [0.2, 0.25) is 5.70 Å². The largest absolute Gasteiger partial charge is 0.508 e. The van der Waals surface area contributed by atoms with E-state index in [9.17, 15) is 23.1 Å². The van der Waals surface area contributed by atoms with Crippen LogP contribution in [0.1, 0.15) is 12.5 Å². The molecule has 0 aliphatic rings. The molecule has 0 radical (unpaired) electrons. The summed E-state index contributed by atoms with van der Waals surface area (Å²) in [7, 11) is 0. The van der Waals surface area contributed by atoms with E-state index in [2.05, 4.69) is 15.0 Å². The highest BCUT2D eigenvalue weighted by atomic mass is 35.5. The highest BCUT2D eigenvalue weighted by molar-refractivity contribution is 6.31. The topological polar surface area (TPSA) is 71.2 Å². The number of esters is 1. The first-order valence-electron chi connectivity index (χ1n) is 6.14. The Kier molecular flexibility index (Phi) is 6.83. The molecule has 1 rings (SSSR count). The van der Waals surface area contributed by atoms with Gasteiger partial charge in [-0.15, -0.1) is 16.7 Å². The zero-order valence-electron chi connectivity index (χ0n) is 11.7. The fraction of sp³-hybridized carbons (Fsp3) is 0.308. The van der Waals surface area contributed by atoms with Crippen LogP contribution in [0.25, 0.3) is 0 Å². The molecule has 1 aromatic carbocycles. The minimum absolute atomic E-state index is 0.00653. The van der Waals surface area contributed by atoms with Crippen molar-refractivity contribution in [3.8, 4) is 0 Å². The fourth-order valence-corrected chi connectivity index (χ4v) is 1.73. The molecular formula is C13H11Cl2F3N2O3. The lowest BCUT2D eigenvalue weighted by Crippen LogP contribution is -2.09. The van der Waals surface area contributed by atoms with Gasteiger partial charge in [0.25, 0.3) is 0 Å². The van der Waals surface area contributed by atoms with Crippen molar-refractivity contribution in [3.05, 3.63) is 40.2 Å². The predicted molar refractivity (Wildman–Crippen MR) is 78.0 cm³/mol. The van der Waals surface area contributed by atoms with Gasteiger partial charge < -0.3 is 9.84 Å². The molecule has 0 fully saturated rings. The van der Waals surface area contributed by atoms with Crippen LogP contribution in [-0.2, 0) is 15.7 Å². The number of benzene rings is 1. The number of azo groups is 1. The smallest absolute Gasteiger partial charge is 0.417 e. The Balaban J connectivity index is 3.18. The van der Waals surface area contributed by atoms with Gasteiger partial charge in [0.05, 0.1) is 28.8 Å². The number of carbonyl (C=O) groups is 1. The SMILES string of the molecule is CCOC(=O)C(N=Nc1ccc(Cl)c(C(F)(F)F)c1)=C(O)CCl. The maximum atomic E-state index is 12.7. The molecule has 0 heterocycles. The minimum atomic E-state index is -4.67. The molecule has 1 aromatic rings. The molecule has 0 bridgehead atoms. The van der Waals surface area contributed by atoms with Crippen LogP contribution < -0.4 is 0 Å². The number of ether oxygens (including phenoxy) is 1. The molecule has 0 aromatic heterocycles. The van der Waals surface area contributed by atoms with Crippen molar-refractivity contribution in [1.29, 1.82) is 0 Å². The molecule has 0 amide bonds. The summed E-state index contributed by atoms with van der Waals surface area (Å²) in [6.45, 7) is 1.53. The summed E-state index contributed by atoms with van der Waals surface area (Å²) in [4.78, 5) is 11.6. The van der Waals surface area contributed by atoms with Gasteiger partial charge in [-0.05, 0) is 25.1 Å². The predicted octanol–water partition coefficient (Wildman–Crippen LogP) is 5.01. The number of hydrogen-bond acceptors (Lipinski definition) is 5. The van der Waals surface area contributed by atoms with Crippen LogP contribution in [0.5, 0.6) is 0 Å². The molecule has 0 saturated heterocycles. The Morgan fingerprint density at radius 3 is 2.57 bits per heavy atom. The van der Waals surface area contributed by atoms with Crippen LogP contribution in [0.15, 0.2) is 39.9 Å². The molecule has 0 unspecified atom stereocenters. The van der Waals surface area contributed by atoms with Gasteiger partial charge in [0.1, 0.15) is 5.76 Å². The van der Waals surface area contributed by atoms with Crippen LogP contribution in [0.2, 0.25) is 5.02 Å². The summed E-state index contributed by atoms with van der Waals surface area (Å²) in [5.41, 5.74) is -1.91.